The second kappa shape index (κ2) is 8.22. The van der Waals surface area contributed by atoms with Gasteiger partial charge in [0.1, 0.15) is 0 Å². The lowest BCUT2D eigenvalue weighted by Gasteiger charge is -2.36. The summed E-state index contributed by atoms with van der Waals surface area (Å²) in [4.78, 5) is 20.9. The Labute approximate surface area is 148 Å². The molecule has 0 saturated carbocycles. The molecule has 7 nitrogen and oxygen atoms in total. The molecule has 0 spiro atoms. The minimum Gasteiger partial charge on any atom is -0.351 e. The maximum Gasteiger partial charge on any atom is 0.243 e. The Kier molecular flexibility index (Phi) is 5.78. The molecular weight excluding hydrogens is 318 g/mol. The van der Waals surface area contributed by atoms with E-state index in [1.165, 1.54) is 0 Å². The highest BCUT2D eigenvalue weighted by molar-refractivity contribution is 5.78. The number of piperazine rings is 1. The predicted octanol–water partition coefficient (Wildman–Crippen LogP) is 1.37. The molecule has 134 valence electrons. The van der Waals surface area contributed by atoms with E-state index in [0.29, 0.717) is 24.8 Å². The van der Waals surface area contributed by atoms with E-state index < -0.39 is 0 Å². The fourth-order valence-electron chi connectivity index (χ4n) is 3.00. The van der Waals surface area contributed by atoms with Crippen molar-refractivity contribution in [1.29, 1.82) is 0 Å². The van der Waals surface area contributed by atoms with Crippen molar-refractivity contribution in [2.75, 3.05) is 32.7 Å². The standard InChI is InChI=1S/C18H25N5O2/c1-14(18-20-15(2)21-25-18)23-10-8-22(9-11-23)13-17(24)19-12-16-6-4-3-5-7-16/h3-7,14H,8-13H2,1-2H3,(H,19,24). The van der Waals surface area contributed by atoms with E-state index in [9.17, 15) is 4.79 Å². The molecule has 1 fully saturated rings. The van der Waals surface area contributed by atoms with Gasteiger partial charge < -0.3 is 9.84 Å². The second-order valence-electron chi connectivity index (χ2n) is 6.43. The van der Waals surface area contributed by atoms with Crippen LogP contribution in [0.3, 0.4) is 0 Å². The van der Waals surface area contributed by atoms with Gasteiger partial charge in [-0.2, -0.15) is 4.98 Å². The van der Waals surface area contributed by atoms with E-state index in [1.54, 1.807) is 0 Å². The van der Waals surface area contributed by atoms with Crippen LogP contribution in [0.1, 0.15) is 30.2 Å². The summed E-state index contributed by atoms with van der Waals surface area (Å²) in [7, 11) is 0. The number of benzene rings is 1. The number of hydrogen-bond donors (Lipinski definition) is 1. The van der Waals surface area contributed by atoms with Crippen LogP contribution in [0.25, 0.3) is 0 Å². The molecule has 1 aliphatic heterocycles. The molecular formula is C18H25N5O2. The van der Waals surface area contributed by atoms with Crippen LogP contribution in [0.2, 0.25) is 0 Å². The average Bonchev–Trinajstić information content (AvgIpc) is 3.07. The highest BCUT2D eigenvalue weighted by atomic mass is 16.5. The third-order valence-corrected chi connectivity index (χ3v) is 4.55. The maximum atomic E-state index is 12.1. The zero-order valence-corrected chi connectivity index (χ0v) is 14.8. The molecule has 2 heterocycles. The maximum absolute atomic E-state index is 12.1. The van der Waals surface area contributed by atoms with Crippen LogP contribution in [0, 0.1) is 6.92 Å². The molecule has 25 heavy (non-hydrogen) atoms. The van der Waals surface area contributed by atoms with Gasteiger partial charge in [-0.1, -0.05) is 35.5 Å². The summed E-state index contributed by atoms with van der Waals surface area (Å²) < 4.78 is 5.26. The SMILES string of the molecule is Cc1noc(C(C)N2CCN(CC(=O)NCc3ccccc3)CC2)n1. The van der Waals surface area contributed by atoms with E-state index in [2.05, 4.69) is 32.2 Å². The van der Waals surface area contributed by atoms with Crippen LogP contribution in [0.4, 0.5) is 0 Å². The highest BCUT2D eigenvalue weighted by Crippen LogP contribution is 2.19. The molecule has 1 atom stereocenters. The van der Waals surface area contributed by atoms with Gasteiger partial charge in [0.25, 0.3) is 0 Å². The van der Waals surface area contributed by atoms with Gasteiger partial charge in [-0.05, 0) is 19.4 Å². The lowest BCUT2D eigenvalue weighted by Crippen LogP contribution is -2.49. The first-order valence-corrected chi connectivity index (χ1v) is 8.69. The van der Waals surface area contributed by atoms with Crippen LogP contribution in [0.5, 0.6) is 0 Å². The lowest BCUT2D eigenvalue weighted by atomic mass is 10.2. The van der Waals surface area contributed by atoms with Gasteiger partial charge in [-0.25, -0.2) is 0 Å². The van der Waals surface area contributed by atoms with Crippen molar-refractivity contribution in [3.8, 4) is 0 Å². The Hall–Kier alpha value is -2.25. The van der Waals surface area contributed by atoms with Crippen LogP contribution in [-0.4, -0.2) is 58.6 Å². The summed E-state index contributed by atoms with van der Waals surface area (Å²) >= 11 is 0. The molecule has 0 bridgehead atoms. The smallest absolute Gasteiger partial charge is 0.243 e. The minimum atomic E-state index is 0.0675. The first kappa shape index (κ1) is 17.6. The van der Waals surface area contributed by atoms with Gasteiger partial charge in [0.2, 0.25) is 11.8 Å². The topological polar surface area (TPSA) is 74.5 Å². The number of amides is 1. The Balaban J connectivity index is 1.40. The van der Waals surface area contributed by atoms with Crippen LogP contribution in [-0.2, 0) is 11.3 Å². The minimum absolute atomic E-state index is 0.0675. The summed E-state index contributed by atoms with van der Waals surface area (Å²) in [6.45, 7) is 8.40. The third-order valence-electron chi connectivity index (χ3n) is 4.55. The molecule has 1 aliphatic rings. The molecule has 1 N–H and O–H groups in total. The summed E-state index contributed by atoms with van der Waals surface area (Å²) in [6.07, 6.45) is 0. The zero-order chi connectivity index (χ0) is 17.6. The molecule has 1 amide bonds. The van der Waals surface area contributed by atoms with E-state index in [1.807, 2.05) is 37.3 Å². The van der Waals surface area contributed by atoms with Crippen LogP contribution >= 0.6 is 0 Å². The normalized spacial score (nSPS) is 17.4. The Morgan fingerprint density at radius 3 is 2.60 bits per heavy atom. The zero-order valence-electron chi connectivity index (χ0n) is 14.8. The lowest BCUT2D eigenvalue weighted by molar-refractivity contribution is -0.122. The molecule has 1 unspecified atom stereocenters. The van der Waals surface area contributed by atoms with Crippen molar-refractivity contribution in [3.63, 3.8) is 0 Å². The van der Waals surface area contributed by atoms with Crippen molar-refractivity contribution in [2.45, 2.75) is 26.4 Å². The van der Waals surface area contributed by atoms with Crippen molar-refractivity contribution in [1.82, 2.24) is 25.3 Å². The Morgan fingerprint density at radius 2 is 1.96 bits per heavy atom. The van der Waals surface area contributed by atoms with E-state index >= 15 is 0 Å². The summed E-state index contributed by atoms with van der Waals surface area (Å²) in [5.74, 6) is 1.39. The third kappa shape index (κ3) is 4.87. The number of nitrogens with zero attached hydrogens (tertiary/aromatic N) is 4. The number of aryl methyl sites for hydroxylation is 1. The number of hydrogen-bond acceptors (Lipinski definition) is 6. The molecule has 1 saturated heterocycles. The quantitative estimate of drug-likeness (QED) is 0.854. The van der Waals surface area contributed by atoms with Gasteiger partial charge in [-0.15, -0.1) is 0 Å². The molecule has 7 heteroatoms. The van der Waals surface area contributed by atoms with Crippen LogP contribution in [0.15, 0.2) is 34.9 Å². The summed E-state index contributed by atoms with van der Waals surface area (Å²) in [5, 5.41) is 6.84. The molecule has 0 radical (unpaired) electrons. The fourth-order valence-corrected chi connectivity index (χ4v) is 3.00. The van der Waals surface area contributed by atoms with E-state index in [0.717, 1.165) is 31.7 Å². The highest BCUT2D eigenvalue weighted by Gasteiger charge is 2.26. The number of carbonyl (C=O) groups excluding carboxylic acids is 1. The van der Waals surface area contributed by atoms with E-state index in [-0.39, 0.29) is 11.9 Å². The van der Waals surface area contributed by atoms with Gasteiger partial charge in [-0.3, -0.25) is 14.6 Å². The average molecular weight is 343 g/mol. The largest absolute Gasteiger partial charge is 0.351 e. The van der Waals surface area contributed by atoms with Crippen molar-refractivity contribution in [2.24, 2.45) is 0 Å². The molecule has 2 aromatic rings. The van der Waals surface area contributed by atoms with Crippen molar-refractivity contribution in [3.05, 3.63) is 47.6 Å². The van der Waals surface area contributed by atoms with Crippen molar-refractivity contribution < 1.29 is 9.32 Å². The number of nitrogens with one attached hydrogen (secondary N) is 1. The summed E-state index contributed by atoms with van der Waals surface area (Å²) in [5.41, 5.74) is 1.12. The predicted molar refractivity (Wildman–Crippen MR) is 93.8 cm³/mol. The van der Waals surface area contributed by atoms with Crippen molar-refractivity contribution >= 4 is 5.91 Å². The second-order valence-corrected chi connectivity index (χ2v) is 6.43. The van der Waals surface area contributed by atoms with Crippen LogP contribution < -0.4 is 5.32 Å². The van der Waals surface area contributed by atoms with E-state index in [4.69, 9.17) is 4.52 Å². The number of carbonyl (C=O) groups is 1. The number of rotatable bonds is 6. The monoisotopic (exact) mass is 343 g/mol. The fraction of sp³-hybridized carbons (Fsp3) is 0.500. The Morgan fingerprint density at radius 1 is 1.24 bits per heavy atom. The van der Waals surface area contributed by atoms with Gasteiger partial charge in [0, 0.05) is 32.7 Å². The molecule has 1 aromatic carbocycles. The van der Waals surface area contributed by atoms with Gasteiger partial charge in [0.05, 0.1) is 12.6 Å². The molecule has 1 aromatic heterocycles. The molecule has 0 aliphatic carbocycles. The van der Waals surface area contributed by atoms with Gasteiger partial charge in [0.15, 0.2) is 5.82 Å². The first-order chi connectivity index (χ1) is 12.1. The summed E-state index contributed by atoms with van der Waals surface area (Å²) in [6, 6.07) is 10.1. The van der Waals surface area contributed by atoms with Gasteiger partial charge >= 0.3 is 0 Å². The first-order valence-electron chi connectivity index (χ1n) is 8.69. The molecule has 3 rings (SSSR count). The number of aromatic nitrogens is 2. The Bertz CT molecular complexity index is 680.